The number of alkyl halides is 1. The molecule has 0 aromatic heterocycles. The highest BCUT2D eigenvalue weighted by molar-refractivity contribution is 5.87. The van der Waals surface area contributed by atoms with Gasteiger partial charge in [0.05, 0.1) is 42.9 Å². The molecule has 5 heterocycles. The Kier molecular flexibility index (Phi) is 11.3. The molecule has 0 radical (unpaired) electrons. The molecule has 0 aromatic carbocycles. The van der Waals surface area contributed by atoms with Gasteiger partial charge in [0.1, 0.15) is 12.3 Å². The first-order valence-corrected chi connectivity index (χ1v) is 21.4. The van der Waals surface area contributed by atoms with Gasteiger partial charge in [0.2, 0.25) is 5.91 Å². The lowest BCUT2D eigenvalue weighted by molar-refractivity contribution is -0.194. The van der Waals surface area contributed by atoms with Crippen LogP contribution in [-0.2, 0) is 28.6 Å². The summed E-state index contributed by atoms with van der Waals surface area (Å²) in [5, 5.41) is 11.2. The maximum Gasteiger partial charge on any atom is 0.320 e. The Morgan fingerprint density at radius 2 is 1.69 bits per heavy atom. The number of hydrogen-bond donors (Lipinski definition) is 3. The van der Waals surface area contributed by atoms with Crippen LogP contribution in [0.15, 0.2) is 12.7 Å². The summed E-state index contributed by atoms with van der Waals surface area (Å²) in [4.78, 5) is 61.0. The van der Waals surface area contributed by atoms with Gasteiger partial charge in [0.25, 0.3) is 0 Å². The SMILES string of the molecule is C=CC(=O)N1CCN(C2NC(=O)N3C4NC(C(C)CC42)C2C(F)CCCC2OCC(OC(=O)C2CC2)C(OC(=O)C2CC2)C2CCNC(C(C)C)C23)[C@@H](C)C1. The quantitative estimate of drug-likeness (QED) is 0.261. The molecular formula is C41H63FN6O7. The van der Waals surface area contributed by atoms with Crippen molar-refractivity contribution < 1.29 is 37.8 Å². The Hall–Kier alpha value is -2.81. The number of nitrogens with zero attached hydrogens (tertiary/aromatic N) is 3. The minimum absolute atomic E-state index is 0.00238. The first-order chi connectivity index (χ1) is 26.4. The second-order valence-electron chi connectivity index (χ2n) is 18.4. The second kappa shape index (κ2) is 15.9. The average Bonchev–Trinajstić information content (AvgIpc) is 4.09. The molecule has 13 nitrogen and oxygen atoms in total. The molecule has 3 N–H and O–H groups in total. The minimum Gasteiger partial charge on any atom is -0.458 e. The van der Waals surface area contributed by atoms with Crippen LogP contribution >= 0.6 is 0 Å². The molecule has 2 bridgehead atoms. The summed E-state index contributed by atoms with van der Waals surface area (Å²) in [6.07, 6.45) is 3.45. The fourth-order valence-corrected chi connectivity index (χ4v) is 11.2. The standard InChI is InChI=1S/C41H63FN6O7/c1-6-31(49)46-16-17-47(23(5)19-46)37-27-18-22(4)34-32-28(42)8-7-9-29(32)53-20-30(54-39(50)24-10-11-24)36(55-40(51)25-12-13-25)26-14-15-43-33(21(2)3)35(26)48(38(27)44-34)41(52)45-37/h6,21-30,32-38,43-44H,1,7-20H2,2-5H3,(H,45,52)/t22?,23-,26?,27?,28?,29?,30?,32?,33?,34?,35?,36?,37?,38?/m0/s1. The van der Waals surface area contributed by atoms with Gasteiger partial charge in [-0.1, -0.05) is 27.4 Å². The van der Waals surface area contributed by atoms with E-state index >= 15 is 9.18 Å². The zero-order valence-electron chi connectivity index (χ0n) is 33.1. The van der Waals surface area contributed by atoms with Crippen LogP contribution in [0.2, 0.25) is 0 Å². The highest BCUT2D eigenvalue weighted by Gasteiger charge is 2.59. The van der Waals surface area contributed by atoms with Crippen LogP contribution < -0.4 is 16.0 Å². The number of carbonyl (C=O) groups excluding carboxylic acids is 4. The highest BCUT2D eigenvalue weighted by Crippen LogP contribution is 2.46. The number of hydrogen-bond acceptors (Lipinski definition) is 10. The van der Waals surface area contributed by atoms with Crippen molar-refractivity contribution in [3.05, 3.63) is 12.7 Å². The van der Waals surface area contributed by atoms with E-state index in [1.54, 1.807) is 0 Å². The van der Waals surface area contributed by atoms with Gasteiger partial charge in [-0.15, -0.1) is 0 Å². The maximum absolute atomic E-state index is 16.5. The molecule has 3 amide bonds. The molecule has 3 aliphatic carbocycles. The Morgan fingerprint density at radius 3 is 2.36 bits per heavy atom. The summed E-state index contributed by atoms with van der Waals surface area (Å²) in [7, 11) is 0. The Morgan fingerprint density at radius 1 is 0.964 bits per heavy atom. The van der Waals surface area contributed by atoms with Crippen molar-refractivity contribution in [1.82, 2.24) is 30.7 Å². The summed E-state index contributed by atoms with van der Waals surface area (Å²) < 4.78 is 36.1. The van der Waals surface area contributed by atoms with Crippen molar-refractivity contribution in [2.24, 2.45) is 41.4 Å². The largest absolute Gasteiger partial charge is 0.458 e. The van der Waals surface area contributed by atoms with Crippen molar-refractivity contribution >= 4 is 23.9 Å². The molecule has 14 heteroatoms. The summed E-state index contributed by atoms with van der Waals surface area (Å²) in [6, 6.07) is -1.14. The molecule has 55 heavy (non-hydrogen) atoms. The Labute approximate surface area is 325 Å². The van der Waals surface area contributed by atoms with Crippen LogP contribution in [0.25, 0.3) is 0 Å². The van der Waals surface area contributed by atoms with E-state index in [2.05, 4.69) is 55.1 Å². The minimum atomic E-state index is -1.11. The van der Waals surface area contributed by atoms with E-state index in [0.717, 1.165) is 32.1 Å². The summed E-state index contributed by atoms with van der Waals surface area (Å²) >= 11 is 0. The third-order valence-corrected chi connectivity index (χ3v) is 14.3. The molecule has 5 aliphatic heterocycles. The van der Waals surface area contributed by atoms with E-state index in [0.29, 0.717) is 51.9 Å². The number of fused-ring (bicyclic) bond motifs is 5. The van der Waals surface area contributed by atoms with Crippen LogP contribution in [0.4, 0.5) is 9.18 Å². The van der Waals surface area contributed by atoms with E-state index in [9.17, 15) is 14.4 Å². The molecule has 14 atom stereocenters. The number of halogens is 1. The molecule has 8 aliphatic rings. The molecule has 5 saturated heterocycles. The zero-order chi connectivity index (χ0) is 38.7. The Bertz CT molecular complexity index is 1480. The third kappa shape index (κ3) is 7.66. The fraction of sp³-hybridized carbons (Fsp3) is 0.854. The molecule has 13 unspecified atom stereocenters. The van der Waals surface area contributed by atoms with Gasteiger partial charge in [-0.05, 0) is 89.2 Å². The third-order valence-electron chi connectivity index (χ3n) is 14.3. The van der Waals surface area contributed by atoms with E-state index in [1.807, 2.05) is 9.80 Å². The topological polar surface area (TPSA) is 142 Å². The van der Waals surface area contributed by atoms with Crippen molar-refractivity contribution in [3.8, 4) is 0 Å². The van der Waals surface area contributed by atoms with Gasteiger partial charge in [-0.2, -0.15) is 0 Å². The predicted octanol–water partition coefficient (Wildman–Crippen LogP) is 3.18. The van der Waals surface area contributed by atoms with Gasteiger partial charge in [-0.25, -0.2) is 9.18 Å². The van der Waals surface area contributed by atoms with Crippen molar-refractivity contribution in [3.63, 3.8) is 0 Å². The fourth-order valence-electron chi connectivity index (χ4n) is 11.2. The highest BCUT2D eigenvalue weighted by atomic mass is 19.1. The molecule has 8 fully saturated rings. The number of piperazine rings is 1. The summed E-state index contributed by atoms with van der Waals surface area (Å²) in [6.45, 7) is 14.5. The van der Waals surface area contributed by atoms with Crippen LogP contribution in [0.1, 0.15) is 85.5 Å². The molecule has 8 rings (SSSR count). The number of rotatable bonds is 7. The number of nitrogens with one attached hydrogen (secondary N) is 3. The van der Waals surface area contributed by atoms with Crippen molar-refractivity contribution in [1.29, 1.82) is 0 Å². The zero-order valence-corrected chi connectivity index (χ0v) is 33.1. The van der Waals surface area contributed by atoms with E-state index in [-0.39, 0.29) is 90.3 Å². The lowest BCUT2D eigenvalue weighted by Gasteiger charge is -2.61. The van der Waals surface area contributed by atoms with Gasteiger partial charge in [0.15, 0.2) is 6.10 Å². The van der Waals surface area contributed by atoms with Gasteiger partial charge in [-0.3, -0.25) is 24.6 Å². The van der Waals surface area contributed by atoms with E-state index in [4.69, 9.17) is 14.2 Å². The van der Waals surface area contributed by atoms with Gasteiger partial charge >= 0.3 is 18.0 Å². The Balaban J connectivity index is 1.22. The molecule has 3 saturated carbocycles. The van der Waals surface area contributed by atoms with E-state index in [1.165, 1.54) is 6.08 Å². The monoisotopic (exact) mass is 770 g/mol. The van der Waals surface area contributed by atoms with Crippen LogP contribution in [0, 0.1) is 41.4 Å². The van der Waals surface area contributed by atoms with Gasteiger partial charge in [0, 0.05) is 55.5 Å². The van der Waals surface area contributed by atoms with Crippen molar-refractivity contribution in [2.75, 3.05) is 32.8 Å². The number of ether oxygens (including phenoxy) is 3. The first-order valence-electron chi connectivity index (χ1n) is 21.4. The molecular weight excluding hydrogens is 707 g/mol. The predicted molar refractivity (Wildman–Crippen MR) is 201 cm³/mol. The lowest BCUT2D eigenvalue weighted by atomic mass is 9.69. The molecule has 306 valence electrons. The van der Waals surface area contributed by atoms with E-state index < -0.39 is 42.6 Å². The number of piperidine rings is 2. The molecule has 0 aromatic rings. The first kappa shape index (κ1) is 39.0. The lowest BCUT2D eigenvalue weighted by Crippen LogP contribution is -2.80. The molecule has 0 spiro atoms. The number of carbonyl (C=O) groups is 4. The summed E-state index contributed by atoms with van der Waals surface area (Å²) in [5.41, 5.74) is 0. The van der Waals surface area contributed by atoms with Crippen LogP contribution in [-0.4, -0.2) is 132 Å². The number of urea groups is 1. The van der Waals surface area contributed by atoms with Crippen LogP contribution in [0.5, 0.6) is 0 Å². The maximum atomic E-state index is 16.5. The van der Waals surface area contributed by atoms with Crippen LogP contribution in [0.3, 0.4) is 0 Å². The van der Waals surface area contributed by atoms with Crippen molar-refractivity contribution in [2.45, 2.75) is 146 Å². The number of amides is 3. The average molecular weight is 771 g/mol. The normalized spacial score (nSPS) is 42.5. The summed E-state index contributed by atoms with van der Waals surface area (Å²) in [5.74, 6) is -1.84. The van der Waals surface area contributed by atoms with Gasteiger partial charge < -0.3 is 34.6 Å². The smallest absolute Gasteiger partial charge is 0.320 e. The number of esters is 2. The second-order valence-corrected chi connectivity index (χ2v) is 18.4.